The summed E-state index contributed by atoms with van der Waals surface area (Å²) < 4.78 is 5.61. The zero-order chi connectivity index (χ0) is 25.8. The van der Waals surface area contributed by atoms with E-state index in [2.05, 4.69) is 0 Å². The molecule has 7 nitrogen and oxygen atoms in total. The average molecular weight is 487 g/mol. The maximum absolute atomic E-state index is 13.1. The zero-order valence-corrected chi connectivity index (χ0v) is 21.3. The highest BCUT2D eigenvalue weighted by molar-refractivity contribution is 5.99. The number of ketones is 1. The van der Waals surface area contributed by atoms with E-state index < -0.39 is 51.7 Å². The Morgan fingerprint density at radius 2 is 1.77 bits per heavy atom. The lowest BCUT2D eigenvalue weighted by Gasteiger charge is -2.64. The van der Waals surface area contributed by atoms with Gasteiger partial charge in [0, 0.05) is 17.4 Å². The van der Waals surface area contributed by atoms with Gasteiger partial charge < -0.3 is 25.2 Å². The highest BCUT2D eigenvalue weighted by Crippen LogP contribution is 2.70. The van der Waals surface area contributed by atoms with Crippen molar-refractivity contribution in [3.8, 4) is 0 Å². The van der Waals surface area contributed by atoms with Crippen LogP contribution in [-0.2, 0) is 14.3 Å². The van der Waals surface area contributed by atoms with Crippen LogP contribution in [0.2, 0.25) is 0 Å². The second-order valence-corrected chi connectivity index (χ2v) is 12.3. The van der Waals surface area contributed by atoms with Gasteiger partial charge in [0.25, 0.3) is 0 Å². The predicted octanol–water partition coefficient (Wildman–Crippen LogP) is 2.51. The van der Waals surface area contributed by atoms with Crippen molar-refractivity contribution in [3.05, 3.63) is 34.9 Å². The van der Waals surface area contributed by atoms with Crippen molar-refractivity contribution in [1.29, 1.82) is 0 Å². The van der Waals surface area contributed by atoms with Crippen LogP contribution in [-0.4, -0.2) is 61.2 Å². The molecule has 0 spiro atoms. The largest absolute Gasteiger partial charge is 0.455 e. The third-order valence-corrected chi connectivity index (χ3v) is 11.2. The summed E-state index contributed by atoms with van der Waals surface area (Å²) >= 11 is 0. The number of carbonyl (C=O) groups is 2. The Morgan fingerprint density at radius 1 is 1.09 bits per heavy atom. The second kappa shape index (κ2) is 7.37. The summed E-state index contributed by atoms with van der Waals surface area (Å²) in [6.45, 7) is 8.70. The number of allylic oxidation sites excluding steroid dienone is 3. The summed E-state index contributed by atoms with van der Waals surface area (Å²) in [4.78, 5) is 25.6. The van der Waals surface area contributed by atoms with E-state index >= 15 is 0 Å². The minimum absolute atomic E-state index is 0.0667. The van der Waals surface area contributed by atoms with Crippen LogP contribution in [0.1, 0.15) is 73.1 Å². The SMILES string of the molecule is CC1=C(C)C(=O)O[C@@H]([C@](C)(O)[C@]2(O)CC[C@@]3(O)[C@@H]4C[C@H](O)C5=CC=CC(=O)[C@]5(C)[C@H]4CC[C@]23C)C1. The first-order chi connectivity index (χ1) is 16.1. The molecule has 4 aliphatic carbocycles. The second-order valence-electron chi connectivity index (χ2n) is 12.3. The van der Waals surface area contributed by atoms with Gasteiger partial charge in [0.15, 0.2) is 5.78 Å². The van der Waals surface area contributed by atoms with E-state index in [1.807, 2.05) is 26.8 Å². The van der Waals surface area contributed by atoms with E-state index in [1.165, 1.54) is 6.92 Å². The van der Waals surface area contributed by atoms with Gasteiger partial charge in [-0.25, -0.2) is 4.79 Å². The fraction of sp³-hybridized carbons (Fsp3) is 0.714. The van der Waals surface area contributed by atoms with Crippen molar-refractivity contribution < 1.29 is 34.8 Å². The molecule has 0 radical (unpaired) electrons. The van der Waals surface area contributed by atoms with Crippen LogP contribution in [0.5, 0.6) is 0 Å². The number of fused-ring (bicyclic) bond motifs is 5. The number of cyclic esters (lactones) is 1. The highest BCUT2D eigenvalue weighted by Gasteiger charge is 2.77. The van der Waals surface area contributed by atoms with Crippen LogP contribution in [0.4, 0.5) is 0 Å². The molecule has 35 heavy (non-hydrogen) atoms. The first-order valence-corrected chi connectivity index (χ1v) is 12.8. The lowest BCUT2D eigenvalue weighted by atomic mass is 9.43. The van der Waals surface area contributed by atoms with Gasteiger partial charge in [-0.05, 0) is 83.3 Å². The molecule has 0 aromatic rings. The van der Waals surface area contributed by atoms with E-state index in [0.717, 1.165) is 5.57 Å². The van der Waals surface area contributed by atoms with Crippen molar-refractivity contribution in [2.45, 2.75) is 102 Å². The van der Waals surface area contributed by atoms with Crippen LogP contribution in [0, 0.1) is 22.7 Å². The Kier molecular flexibility index (Phi) is 5.24. The van der Waals surface area contributed by atoms with Crippen molar-refractivity contribution >= 4 is 11.8 Å². The molecule has 3 saturated carbocycles. The molecule has 4 N–H and O–H groups in total. The lowest BCUT2D eigenvalue weighted by molar-refractivity contribution is -0.282. The standard InChI is InChI=1S/C28H38O7/c1-15-13-22(35-23(31)16(15)2)26(5,32)28(34)12-11-27(33)19-14-20(29)18-7-6-8-21(30)25(18,4)17(19)9-10-24(27,28)3/h6-8,17,19-20,22,29,32-34H,9-14H2,1-5H3/t17-,19+,20-,22+,24-,25+,26-,27+,28-/m0/s1. The fourth-order valence-electron chi connectivity index (χ4n) is 8.53. The monoisotopic (exact) mass is 486 g/mol. The van der Waals surface area contributed by atoms with Gasteiger partial charge >= 0.3 is 5.97 Å². The van der Waals surface area contributed by atoms with Gasteiger partial charge in [0.1, 0.15) is 17.3 Å². The maximum atomic E-state index is 13.1. The van der Waals surface area contributed by atoms with Gasteiger partial charge in [-0.15, -0.1) is 0 Å². The summed E-state index contributed by atoms with van der Waals surface area (Å²) in [5, 5.41) is 47.6. The Morgan fingerprint density at radius 3 is 2.43 bits per heavy atom. The maximum Gasteiger partial charge on any atom is 0.334 e. The average Bonchev–Trinajstić information content (AvgIpc) is 3.01. The third kappa shape index (κ3) is 2.81. The van der Waals surface area contributed by atoms with Crippen LogP contribution < -0.4 is 0 Å². The molecule has 0 saturated heterocycles. The number of carbonyl (C=O) groups excluding carboxylic acids is 2. The molecule has 0 unspecified atom stereocenters. The zero-order valence-electron chi connectivity index (χ0n) is 21.3. The van der Waals surface area contributed by atoms with Crippen LogP contribution in [0.15, 0.2) is 34.9 Å². The molecule has 1 heterocycles. The smallest absolute Gasteiger partial charge is 0.334 e. The third-order valence-electron chi connectivity index (χ3n) is 11.2. The predicted molar refractivity (Wildman–Crippen MR) is 128 cm³/mol. The number of aliphatic hydroxyl groups is 4. The first-order valence-electron chi connectivity index (χ1n) is 12.8. The van der Waals surface area contributed by atoms with Gasteiger partial charge in [0.2, 0.25) is 0 Å². The Hall–Kier alpha value is -1.80. The van der Waals surface area contributed by atoms with Gasteiger partial charge in [-0.3, -0.25) is 4.79 Å². The Balaban J connectivity index is 1.55. The molecule has 3 fully saturated rings. The summed E-state index contributed by atoms with van der Waals surface area (Å²) in [7, 11) is 0. The minimum Gasteiger partial charge on any atom is -0.455 e. The molecule has 0 bridgehead atoms. The molecule has 0 aromatic carbocycles. The number of hydrogen-bond acceptors (Lipinski definition) is 7. The molecule has 192 valence electrons. The minimum atomic E-state index is -1.82. The quantitative estimate of drug-likeness (QED) is 0.442. The Labute approximate surface area is 206 Å². The van der Waals surface area contributed by atoms with Crippen molar-refractivity contribution in [2.75, 3.05) is 0 Å². The van der Waals surface area contributed by atoms with Gasteiger partial charge in [-0.2, -0.15) is 0 Å². The fourth-order valence-corrected chi connectivity index (χ4v) is 8.53. The van der Waals surface area contributed by atoms with E-state index in [0.29, 0.717) is 30.4 Å². The Bertz CT molecular complexity index is 1080. The topological polar surface area (TPSA) is 124 Å². The number of aliphatic hydroxyl groups excluding tert-OH is 1. The van der Waals surface area contributed by atoms with Crippen LogP contribution in [0.25, 0.3) is 0 Å². The number of esters is 1. The van der Waals surface area contributed by atoms with E-state index in [1.54, 1.807) is 19.1 Å². The van der Waals surface area contributed by atoms with E-state index in [9.17, 15) is 30.0 Å². The van der Waals surface area contributed by atoms with E-state index in [4.69, 9.17) is 4.74 Å². The molecule has 7 heteroatoms. The van der Waals surface area contributed by atoms with Crippen molar-refractivity contribution in [3.63, 3.8) is 0 Å². The molecular weight excluding hydrogens is 448 g/mol. The molecule has 0 aromatic heterocycles. The first kappa shape index (κ1) is 24.9. The molecule has 5 rings (SSSR count). The van der Waals surface area contributed by atoms with Gasteiger partial charge in [0.05, 0.1) is 17.1 Å². The summed E-state index contributed by atoms with van der Waals surface area (Å²) in [5.41, 5.74) is -4.99. The molecule has 0 amide bonds. The number of ether oxygens (including phenoxy) is 1. The number of rotatable bonds is 2. The molecular formula is C28H38O7. The summed E-state index contributed by atoms with van der Waals surface area (Å²) in [5.74, 6) is -1.20. The highest BCUT2D eigenvalue weighted by atomic mass is 16.6. The van der Waals surface area contributed by atoms with Crippen LogP contribution in [0.3, 0.4) is 0 Å². The van der Waals surface area contributed by atoms with Crippen LogP contribution >= 0.6 is 0 Å². The normalized spacial score (nSPS) is 49.0. The summed E-state index contributed by atoms with van der Waals surface area (Å²) in [6, 6.07) is 0. The summed E-state index contributed by atoms with van der Waals surface area (Å²) in [6.07, 6.45) is 5.11. The van der Waals surface area contributed by atoms with Gasteiger partial charge in [-0.1, -0.05) is 24.6 Å². The molecule has 9 atom stereocenters. The lowest BCUT2D eigenvalue weighted by Crippen LogP contribution is -2.72. The number of hydrogen-bond donors (Lipinski definition) is 4. The van der Waals surface area contributed by atoms with Crippen molar-refractivity contribution in [2.24, 2.45) is 22.7 Å². The molecule has 5 aliphatic rings. The molecule has 1 aliphatic heterocycles. The van der Waals surface area contributed by atoms with E-state index in [-0.39, 0.29) is 31.0 Å². The van der Waals surface area contributed by atoms with Crippen molar-refractivity contribution in [1.82, 2.24) is 0 Å².